The summed E-state index contributed by atoms with van der Waals surface area (Å²) >= 11 is 0. The fraction of sp³-hybridized carbons (Fsp3) is 0.227. The van der Waals surface area contributed by atoms with Crippen molar-refractivity contribution in [3.8, 4) is 0 Å². The standard InChI is InChI=1S/C22H23N5O/c1-16-6-2-3-7-19(16)24-21-13-12-20(25-26-21)22(28)23-17-8-10-18(11-9-17)27-14-4-5-15-27/h2-3,6-13H,4-5,14-15H2,1H3,(H,23,28)(H,24,26). The number of anilines is 4. The number of nitrogens with one attached hydrogen (secondary N) is 2. The number of aryl methyl sites for hydroxylation is 1. The SMILES string of the molecule is Cc1ccccc1Nc1ccc(C(=O)Nc2ccc(N3CCCC3)cc2)nn1. The summed E-state index contributed by atoms with van der Waals surface area (Å²) in [5, 5.41) is 14.2. The van der Waals surface area contributed by atoms with Crippen LogP contribution in [0.3, 0.4) is 0 Å². The second-order valence-electron chi connectivity index (χ2n) is 6.94. The number of aromatic nitrogens is 2. The Balaban J connectivity index is 1.38. The second kappa shape index (κ2) is 8.08. The molecule has 0 bridgehead atoms. The molecule has 0 spiro atoms. The van der Waals surface area contributed by atoms with Gasteiger partial charge in [0.15, 0.2) is 11.5 Å². The van der Waals surface area contributed by atoms with Gasteiger partial charge in [-0.05, 0) is 67.8 Å². The second-order valence-corrected chi connectivity index (χ2v) is 6.94. The Hall–Kier alpha value is -3.41. The number of hydrogen-bond donors (Lipinski definition) is 2. The number of rotatable bonds is 5. The van der Waals surface area contributed by atoms with Crippen molar-refractivity contribution in [2.24, 2.45) is 0 Å². The molecule has 1 fully saturated rings. The van der Waals surface area contributed by atoms with Gasteiger partial charge >= 0.3 is 0 Å². The Morgan fingerprint density at radius 1 is 0.929 bits per heavy atom. The van der Waals surface area contributed by atoms with Crippen LogP contribution in [0.25, 0.3) is 0 Å². The van der Waals surface area contributed by atoms with E-state index >= 15 is 0 Å². The molecular weight excluding hydrogens is 350 g/mol. The number of carbonyl (C=O) groups is 1. The van der Waals surface area contributed by atoms with Crippen molar-refractivity contribution in [2.75, 3.05) is 28.6 Å². The molecule has 0 unspecified atom stereocenters. The largest absolute Gasteiger partial charge is 0.372 e. The molecule has 28 heavy (non-hydrogen) atoms. The van der Waals surface area contributed by atoms with E-state index in [1.807, 2.05) is 55.5 Å². The normalized spacial score (nSPS) is 13.4. The van der Waals surface area contributed by atoms with Crippen LogP contribution in [0.2, 0.25) is 0 Å². The maximum atomic E-state index is 12.4. The van der Waals surface area contributed by atoms with Crippen molar-refractivity contribution in [1.29, 1.82) is 0 Å². The van der Waals surface area contributed by atoms with Crippen LogP contribution in [0.15, 0.2) is 60.7 Å². The van der Waals surface area contributed by atoms with Crippen LogP contribution in [0.5, 0.6) is 0 Å². The van der Waals surface area contributed by atoms with Crippen molar-refractivity contribution in [3.63, 3.8) is 0 Å². The van der Waals surface area contributed by atoms with E-state index < -0.39 is 0 Å². The third-order valence-electron chi connectivity index (χ3n) is 4.90. The van der Waals surface area contributed by atoms with Crippen molar-refractivity contribution in [1.82, 2.24) is 10.2 Å². The lowest BCUT2D eigenvalue weighted by atomic mass is 10.2. The van der Waals surface area contributed by atoms with E-state index in [2.05, 4.69) is 25.7 Å². The van der Waals surface area contributed by atoms with Crippen LogP contribution < -0.4 is 15.5 Å². The molecule has 0 saturated carbocycles. The average Bonchev–Trinajstić information content (AvgIpc) is 3.26. The predicted octanol–water partition coefficient (Wildman–Crippen LogP) is 4.38. The molecule has 1 amide bonds. The summed E-state index contributed by atoms with van der Waals surface area (Å²) in [7, 11) is 0. The molecule has 2 heterocycles. The molecule has 1 aromatic heterocycles. The highest BCUT2D eigenvalue weighted by atomic mass is 16.1. The Bertz CT molecular complexity index is 947. The smallest absolute Gasteiger partial charge is 0.276 e. The van der Waals surface area contributed by atoms with Crippen LogP contribution in [0.1, 0.15) is 28.9 Å². The molecule has 6 heteroatoms. The maximum absolute atomic E-state index is 12.4. The number of hydrogen-bond acceptors (Lipinski definition) is 5. The van der Waals surface area contributed by atoms with Gasteiger partial charge in [0.2, 0.25) is 0 Å². The van der Waals surface area contributed by atoms with Crippen LogP contribution in [-0.4, -0.2) is 29.2 Å². The van der Waals surface area contributed by atoms with E-state index in [0.717, 1.165) is 30.0 Å². The molecule has 3 aromatic rings. The number of amides is 1. The van der Waals surface area contributed by atoms with Gasteiger partial charge in [-0.3, -0.25) is 4.79 Å². The fourth-order valence-electron chi connectivity index (χ4n) is 3.30. The molecule has 0 aliphatic carbocycles. The quantitative estimate of drug-likeness (QED) is 0.694. The predicted molar refractivity (Wildman–Crippen MR) is 112 cm³/mol. The number of nitrogens with zero attached hydrogens (tertiary/aromatic N) is 3. The first kappa shape index (κ1) is 18.0. The van der Waals surface area contributed by atoms with Crippen molar-refractivity contribution < 1.29 is 4.79 Å². The molecule has 1 saturated heterocycles. The molecule has 2 N–H and O–H groups in total. The van der Waals surface area contributed by atoms with E-state index in [1.54, 1.807) is 12.1 Å². The van der Waals surface area contributed by atoms with Crippen molar-refractivity contribution in [2.45, 2.75) is 19.8 Å². The van der Waals surface area contributed by atoms with Crippen LogP contribution in [0, 0.1) is 6.92 Å². The lowest BCUT2D eigenvalue weighted by Gasteiger charge is -2.17. The molecule has 142 valence electrons. The molecule has 4 rings (SSSR count). The zero-order valence-electron chi connectivity index (χ0n) is 15.9. The number of carbonyl (C=O) groups excluding carboxylic acids is 1. The molecule has 0 atom stereocenters. The van der Waals surface area contributed by atoms with Gasteiger partial charge in [0.25, 0.3) is 5.91 Å². The molecule has 2 aromatic carbocycles. The average molecular weight is 373 g/mol. The molecule has 1 aliphatic heterocycles. The summed E-state index contributed by atoms with van der Waals surface area (Å²) in [6.07, 6.45) is 2.48. The van der Waals surface area contributed by atoms with Gasteiger partial charge in [-0.15, -0.1) is 10.2 Å². The highest BCUT2D eigenvalue weighted by Crippen LogP contribution is 2.22. The zero-order chi connectivity index (χ0) is 19.3. The minimum absolute atomic E-state index is 0.274. The van der Waals surface area contributed by atoms with Gasteiger partial charge in [0, 0.05) is 30.2 Å². The third-order valence-corrected chi connectivity index (χ3v) is 4.90. The van der Waals surface area contributed by atoms with Gasteiger partial charge in [0.1, 0.15) is 0 Å². The van der Waals surface area contributed by atoms with Crippen molar-refractivity contribution >= 4 is 28.8 Å². The Labute approximate surface area is 164 Å². The topological polar surface area (TPSA) is 70.2 Å². The summed E-state index contributed by atoms with van der Waals surface area (Å²) in [4.78, 5) is 14.8. The number of benzene rings is 2. The van der Waals surface area contributed by atoms with E-state index in [1.165, 1.54) is 18.5 Å². The summed E-state index contributed by atoms with van der Waals surface area (Å²) in [5.74, 6) is 0.324. The van der Waals surface area contributed by atoms with Gasteiger partial charge < -0.3 is 15.5 Å². The molecule has 6 nitrogen and oxygen atoms in total. The van der Waals surface area contributed by atoms with Gasteiger partial charge in [-0.2, -0.15) is 0 Å². The van der Waals surface area contributed by atoms with Crippen LogP contribution >= 0.6 is 0 Å². The number of para-hydroxylation sites is 1. The summed E-state index contributed by atoms with van der Waals surface area (Å²) in [5.41, 5.74) is 4.30. The lowest BCUT2D eigenvalue weighted by molar-refractivity contribution is 0.102. The minimum atomic E-state index is -0.274. The van der Waals surface area contributed by atoms with E-state index in [-0.39, 0.29) is 11.6 Å². The van der Waals surface area contributed by atoms with E-state index in [0.29, 0.717) is 5.82 Å². The monoisotopic (exact) mass is 373 g/mol. The first-order valence-electron chi connectivity index (χ1n) is 9.52. The van der Waals surface area contributed by atoms with E-state index in [4.69, 9.17) is 0 Å². The fourth-order valence-corrected chi connectivity index (χ4v) is 3.30. The minimum Gasteiger partial charge on any atom is -0.372 e. The highest BCUT2D eigenvalue weighted by molar-refractivity contribution is 6.02. The Morgan fingerprint density at radius 3 is 2.36 bits per heavy atom. The van der Waals surface area contributed by atoms with Gasteiger partial charge in [-0.1, -0.05) is 18.2 Å². The van der Waals surface area contributed by atoms with Gasteiger partial charge in [0.05, 0.1) is 0 Å². The zero-order valence-corrected chi connectivity index (χ0v) is 15.9. The van der Waals surface area contributed by atoms with Crippen LogP contribution in [-0.2, 0) is 0 Å². The van der Waals surface area contributed by atoms with E-state index in [9.17, 15) is 4.79 Å². The first-order valence-corrected chi connectivity index (χ1v) is 9.52. The summed E-state index contributed by atoms with van der Waals surface area (Å²) in [6, 6.07) is 19.3. The molecular formula is C22H23N5O. The lowest BCUT2D eigenvalue weighted by Crippen LogP contribution is -2.18. The Kier molecular flexibility index (Phi) is 5.19. The summed E-state index contributed by atoms with van der Waals surface area (Å²) in [6.45, 7) is 4.22. The van der Waals surface area contributed by atoms with Gasteiger partial charge in [-0.25, -0.2) is 0 Å². The maximum Gasteiger partial charge on any atom is 0.276 e. The third kappa shape index (κ3) is 4.11. The summed E-state index contributed by atoms with van der Waals surface area (Å²) < 4.78 is 0. The molecule has 1 aliphatic rings. The first-order chi connectivity index (χ1) is 13.7. The van der Waals surface area contributed by atoms with Crippen LogP contribution in [0.4, 0.5) is 22.9 Å². The Morgan fingerprint density at radius 2 is 1.68 bits per heavy atom. The van der Waals surface area contributed by atoms with Crippen molar-refractivity contribution in [3.05, 3.63) is 71.9 Å². The molecule has 0 radical (unpaired) electrons. The highest BCUT2D eigenvalue weighted by Gasteiger charge is 2.13.